The van der Waals surface area contributed by atoms with E-state index in [-0.39, 0.29) is 18.1 Å². The van der Waals surface area contributed by atoms with Crippen LogP contribution < -0.4 is 10.2 Å². The Morgan fingerprint density at radius 2 is 2.25 bits per heavy atom. The zero-order valence-electron chi connectivity index (χ0n) is 9.85. The second-order valence-electron chi connectivity index (χ2n) is 3.81. The van der Waals surface area contributed by atoms with Crippen LogP contribution in [0, 0.1) is 0 Å². The molecular weight excluding hydrogens is 281 g/mol. The first-order valence-corrected chi connectivity index (χ1v) is 5.40. The predicted molar refractivity (Wildman–Crippen MR) is 59.3 cm³/mol. The molecule has 1 amide bonds. The summed E-state index contributed by atoms with van der Waals surface area (Å²) in [7, 11) is 0. The number of ether oxygens (including phenoxy) is 2. The summed E-state index contributed by atoms with van der Waals surface area (Å²) < 4.78 is 45.2. The van der Waals surface area contributed by atoms with Crippen molar-refractivity contribution in [2.45, 2.75) is 12.4 Å². The summed E-state index contributed by atoms with van der Waals surface area (Å²) in [4.78, 5) is 15.0. The van der Waals surface area contributed by atoms with E-state index in [4.69, 9.17) is 9.94 Å². The number of nitrogens with one attached hydrogen (secondary N) is 1. The number of benzene rings is 1. The van der Waals surface area contributed by atoms with Crippen molar-refractivity contribution in [1.29, 1.82) is 0 Å². The maximum atomic E-state index is 12.1. The SMILES string of the molecule is O=C(NO)C1COC(c2cccc(OC(F)(F)F)c2)=N1. The Morgan fingerprint density at radius 3 is 2.90 bits per heavy atom. The molecule has 0 aliphatic carbocycles. The van der Waals surface area contributed by atoms with Gasteiger partial charge in [0.15, 0.2) is 6.04 Å². The molecular formula is C11H9F3N2O4. The summed E-state index contributed by atoms with van der Waals surface area (Å²) in [5.74, 6) is -1.18. The third-order valence-electron chi connectivity index (χ3n) is 2.38. The minimum atomic E-state index is -4.80. The number of hydrogen-bond donors (Lipinski definition) is 2. The lowest BCUT2D eigenvalue weighted by Crippen LogP contribution is -2.31. The summed E-state index contributed by atoms with van der Waals surface area (Å²) in [6.07, 6.45) is -4.80. The summed E-state index contributed by atoms with van der Waals surface area (Å²) in [6, 6.07) is 4.07. The minimum absolute atomic E-state index is 0.00576. The molecule has 1 aliphatic rings. The first kappa shape index (κ1) is 14.1. The van der Waals surface area contributed by atoms with E-state index in [1.807, 2.05) is 0 Å². The second kappa shape index (κ2) is 5.37. The van der Waals surface area contributed by atoms with Crippen LogP contribution in [0.5, 0.6) is 5.75 Å². The molecule has 1 aromatic carbocycles. The van der Waals surface area contributed by atoms with Gasteiger partial charge in [0, 0.05) is 5.56 Å². The monoisotopic (exact) mass is 290 g/mol. The number of halogens is 3. The molecule has 1 heterocycles. The number of carbonyl (C=O) groups excluding carboxylic acids is 1. The van der Waals surface area contributed by atoms with Crippen molar-refractivity contribution in [2.24, 2.45) is 4.99 Å². The lowest BCUT2D eigenvalue weighted by Gasteiger charge is -2.09. The summed E-state index contributed by atoms with van der Waals surface area (Å²) in [6.45, 7) is -0.105. The first-order valence-electron chi connectivity index (χ1n) is 5.40. The molecule has 0 aromatic heterocycles. The number of hydrogen-bond acceptors (Lipinski definition) is 5. The van der Waals surface area contributed by atoms with Gasteiger partial charge in [0.2, 0.25) is 5.90 Å². The molecule has 108 valence electrons. The van der Waals surface area contributed by atoms with Crippen molar-refractivity contribution in [3.8, 4) is 5.75 Å². The molecule has 2 N–H and O–H groups in total. The maximum absolute atomic E-state index is 12.1. The number of nitrogens with zero attached hydrogens (tertiary/aromatic N) is 1. The zero-order chi connectivity index (χ0) is 14.8. The molecule has 0 bridgehead atoms. The fraction of sp³-hybridized carbons (Fsp3) is 0.273. The highest BCUT2D eigenvalue weighted by Crippen LogP contribution is 2.24. The lowest BCUT2D eigenvalue weighted by molar-refractivity contribution is -0.274. The number of rotatable bonds is 3. The summed E-state index contributed by atoms with van der Waals surface area (Å²) >= 11 is 0. The Labute approximate surface area is 110 Å². The normalized spacial score (nSPS) is 18.2. The van der Waals surface area contributed by atoms with Crippen LogP contribution in [-0.2, 0) is 9.53 Å². The third-order valence-corrected chi connectivity index (χ3v) is 2.38. The minimum Gasteiger partial charge on any atom is -0.475 e. The highest BCUT2D eigenvalue weighted by molar-refractivity contribution is 5.98. The zero-order valence-corrected chi connectivity index (χ0v) is 9.85. The number of alkyl halides is 3. The Kier molecular flexibility index (Phi) is 3.79. The van der Waals surface area contributed by atoms with Gasteiger partial charge in [-0.2, -0.15) is 0 Å². The van der Waals surface area contributed by atoms with Crippen LogP contribution >= 0.6 is 0 Å². The van der Waals surface area contributed by atoms with Gasteiger partial charge in [0.1, 0.15) is 12.4 Å². The standard InChI is InChI=1S/C11H9F3N2O4/c12-11(13,14)20-7-3-1-2-6(4-7)10-15-8(5-19-10)9(17)16-18/h1-4,8,18H,5H2,(H,16,17). The van der Waals surface area contributed by atoms with Gasteiger partial charge < -0.3 is 9.47 Å². The van der Waals surface area contributed by atoms with Gasteiger partial charge in [-0.3, -0.25) is 10.0 Å². The van der Waals surface area contributed by atoms with E-state index in [2.05, 4.69) is 9.73 Å². The Hall–Kier alpha value is -2.29. The van der Waals surface area contributed by atoms with Crippen LogP contribution in [0.4, 0.5) is 13.2 Å². The van der Waals surface area contributed by atoms with Gasteiger partial charge in [0.25, 0.3) is 5.91 Å². The van der Waals surface area contributed by atoms with Gasteiger partial charge in [-0.05, 0) is 18.2 Å². The maximum Gasteiger partial charge on any atom is 0.573 e. The van der Waals surface area contributed by atoms with Crippen LogP contribution in [0.1, 0.15) is 5.56 Å². The van der Waals surface area contributed by atoms with Crippen molar-refractivity contribution in [2.75, 3.05) is 6.61 Å². The molecule has 0 radical (unpaired) electrons. The molecule has 0 saturated carbocycles. The fourth-order valence-electron chi connectivity index (χ4n) is 1.57. The van der Waals surface area contributed by atoms with Crippen molar-refractivity contribution in [3.63, 3.8) is 0 Å². The molecule has 6 nitrogen and oxygen atoms in total. The number of aliphatic imine (C=N–C) groups is 1. The van der Waals surface area contributed by atoms with Crippen molar-refractivity contribution < 1.29 is 32.6 Å². The fourth-order valence-corrected chi connectivity index (χ4v) is 1.57. The molecule has 1 atom stereocenters. The van der Waals surface area contributed by atoms with E-state index in [9.17, 15) is 18.0 Å². The average Bonchev–Trinajstić information content (AvgIpc) is 2.85. The lowest BCUT2D eigenvalue weighted by atomic mass is 10.2. The Bertz CT molecular complexity index is 545. The van der Waals surface area contributed by atoms with E-state index >= 15 is 0 Å². The van der Waals surface area contributed by atoms with Gasteiger partial charge in [0.05, 0.1) is 0 Å². The number of carbonyl (C=O) groups is 1. The van der Waals surface area contributed by atoms with Crippen molar-refractivity contribution in [3.05, 3.63) is 29.8 Å². The van der Waals surface area contributed by atoms with Crippen LogP contribution in [0.3, 0.4) is 0 Å². The van der Waals surface area contributed by atoms with Gasteiger partial charge in [-0.15, -0.1) is 13.2 Å². The predicted octanol–water partition coefficient (Wildman–Crippen LogP) is 1.24. The van der Waals surface area contributed by atoms with Crippen LogP contribution in [-0.4, -0.2) is 36.0 Å². The molecule has 0 fully saturated rings. The molecule has 0 saturated heterocycles. The first-order chi connectivity index (χ1) is 9.39. The Balaban J connectivity index is 2.18. The van der Waals surface area contributed by atoms with Gasteiger partial charge >= 0.3 is 6.36 Å². The highest BCUT2D eigenvalue weighted by atomic mass is 19.4. The second-order valence-corrected chi connectivity index (χ2v) is 3.81. The van der Waals surface area contributed by atoms with Crippen molar-refractivity contribution >= 4 is 11.8 Å². The van der Waals surface area contributed by atoms with E-state index in [1.165, 1.54) is 17.6 Å². The smallest absolute Gasteiger partial charge is 0.475 e. The molecule has 1 aliphatic heterocycles. The van der Waals surface area contributed by atoms with E-state index in [0.29, 0.717) is 0 Å². The highest BCUT2D eigenvalue weighted by Gasteiger charge is 2.31. The number of hydroxylamine groups is 1. The Morgan fingerprint density at radius 1 is 1.50 bits per heavy atom. The quantitative estimate of drug-likeness (QED) is 0.648. The van der Waals surface area contributed by atoms with Crippen LogP contribution in [0.2, 0.25) is 0 Å². The molecule has 1 unspecified atom stereocenters. The van der Waals surface area contributed by atoms with Gasteiger partial charge in [-0.25, -0.2) is 10.5 Å². The summed E-state index contributed by atoms with van der Waals surface area (Å²) in [5, 5.41) is 8.45. The molecule has 2 rings (SSSR count). The van der Waals surface area contributed by atoms with E-state index in [1.54, 1.807) is 0 Å². The molecule has 1 aromatic rings. The average molecular weight is 290 g/mol. The van der Waals surface area contributed by atoms with Gasteiger partial charge in [-0.1, -0.05) is 6.07 Å². The molecule has 9 heteroatoms. The van der Waals surface area contributed by atoms with E-state index in [0.717, 1.165) is 12.1 Å². The molecule has 20 heavy (non-hydrogen) atoms. The van der Waals surface area contributed by atoms with Crippen molar-refractivity contribution in [1.82, 2.24) is 5.48 Å². The summed E-state index contributed by atoms with van der Waals surface area (Å²) in [5.41, 5.74) is 1.66. The molecule has 0 spiro atoms. The van der Waals surface area contributed by atoms with E-state index < -0.39 is 24.1 Å². The number of amides is 1. The topological polar surface area (TPSA) is 80.2 Å². The largest absolute Gasteiger partial charge is 0.573 e. The van der Waals surface area contributed by atoms with Crippen LogP contribution in [0.15, 0.2) is 29.3 Å². The third kappa shape index (κ3) is 3.38. The van der Waals surface area contributed by atoms with Crippen LogP contribution in [0.25, 0.3) is 0 Å².